The molecule has 28 heavy (non-hydrogen) atoms. The molecule has 0 spiro atoms. The minimum atomic E-state index is -0.474. The van der Waals surface area contributed by atoms with E-state index in [0.717, 1.165) is 11.1 Å². The normalized spacial score (nSPS) is 10.5. The number of aromatic nitrogens is 1. The standard InChI is InChI=1S/C22H21N3O2.BrH/c1-2-23-22(27)24-21(26)16-25-14-12-17(13-15-25)10-11-19-8-5-7-18-6-3-4-9-20(18)19;/h3-15H,2,16H2,1H3,(H-,23,24,26,27);1H/b11-10+;. The van der Waals surface area contributed by atoms with Gasteiger partial charge in [0.1, 0.15) is 0 Å². The van der Waals surface area contributed by atoms with Crippen LogP contribution >= 0.6 is 0 Å². The van der Waals surface area contributed by atoms with Gasteiger partial charge in [0.2, 0.25) is 6.54 Å². The van der Waals surface area contributed by atoms with Crippen LogP contribution in [0.15, 0.2) is 67.0 Å². The molecule has 0 aliphatic carbocycles. The Kier molecular flexibility index (Phi) is 7.89. The minimum Gasteiger partial charge on any atom is -1.00 e. The topological polar surface area (TPSA) is 62.1 Å². The first-order chi connectivity index (χ1) is 13.2. The Balaban J connectivity index is 0.00000280. The Bertz CT molecular complexity index is 979. The van der Waals surface area contributed by atoms with Gasteiger partial charge in [0.15, 0.2) is 12.4 Å². The molecule has 3 rings (SSSR count). The van der Waals surface area contributed by atoms with Gasteiger partial charge in [-0.1, -0.05) is 54.6 Å². The van der Waals surface area contributed by atoms with Gasteiger partial charge in [-0.05, 0) is 28.8 Å². The zero-order chi connectivity index (χ0) is 19.1. The molecule has 3 aromatic rings. The predicted octanol–water partition coefficient (Wildman–Crippen LogP) is 0.147. The van der Waals surface area contributed by atoms with Crippen molar-refractivity contribution in [1.82, 2.24) is 10.6 Å². The number of hydrogen-bond donors (Lipinski definition) is 2. The van der Waals surface area contributed by atoms with E-state index in [0.29, 0.717) is 6.54 Å². The molecule has 144 valence electrons. The first-order valence-corrected chi connectivity index (χ1v) is 8.88. The van der Waals surface area contributed by atoms with Gasteiger partial charge < -0.3 is 22.3 Å². The van der Waals surface area contributed by atoms with E-state index in [1.165, 1.54) is 10.8 Å². The van der Waals surface area contributed by atoms with Gasteiger partial charge >= 0.3 is 6.03 Å². The molecular weight excluding hydrogens is 418 g/mol. The maximum Gasteiger partial charge on any atom is 0.321 e. The molecule has 5 nitrogen and oxygen atoms in total. The number of nitrogens with one attached hydrogen (secondary N) is 2. The number of rotatable bonds is 5. The molecule has 0 fully saturated rings. The minimum absolute atomic E-state index is 0. The fourth-order valence-corrected chi connectivity index (χ4v) is 2.80. The van der Waals surface area contributed by atoms with Crippen LogP contribution in [0.25, 0.3) is 22.9 Å². The lowest BCUT2D eigenvalue weighted by atomic mass is 10.0. The van der Waals surface area contributed by atoms with Crippen LogP contribution in [0.3, 0.4) is 0 Å². The molecule has 0 unspecified atom stereocenters. The van der Waals surface area contributed by atoms with E-state index in [-0.39, 0.29) is 29.4 Å². The summed E-state index contributed by atoms with van der Waals surface area (Å²) in [7, 11) is 0. The van der Waals surface area contributed by atoms with E-state index >= 15 is 0 Å². The van der Waals surface area contributed by atoms with Crippen molar-refractivity contribution in [3.05, 3.63) is 78.1 Å². The lowest BCUT2D eigenvalue weighted by Crippen LogP contribution is -3.00. The van der Waals surface area contributed by atoms with Crippen LogP contribution in [0.4, 0.5) is 4.79 Å². The zero-order valence-electron chi connectivity index (χ0n) is 15.6. The maximum atomic E-state index is 11.8. The quantitative estimate of drug-likeness (QED) is 0.555. The fourth-order valence-electron chi connectivity index (χ4n) is 2.80. The molecule has 0 saturated heterocycles. The average molecular weight is 440 g/mol. The Hall–Kier alpha value is -2.99. The van der Waals surface area contributed by atoms with Crippen molar-refractivity contribution in [3.63, 3.8) is 0 Å². The third-order valence-corrected chi connectivity index (χ3v) is 4.11. The second kappa shape index (κ2) is 10.4. The van der Waals surface area contributed by atoms with Crippen molar-refractivity contribution in [1.29, 1.82) is 0 Å². The molecule has 0 aliphatic rings. The fraction of sp³-hybridized carbons (Fsp3) is 0.136. The van der Waals surface area contributed by atoms with Gasteiger partial charge in [-0.3, -0.25) is 10.1 Å². The summed E-state index contributed by atoms with van der Waals surface area (Å²) in [5.74, 6) is -0.356. The number of carbonyl (C=O) groups excluding carboxylic acids is 2. The molecule has 0 radical (unpaired) electrons. The van der Waals surface area contributed by atoms with Crippen LogP contribution in [0.5, 0.6) is 0 Å². The lowest BCUT2D eigenvalue weighted by molar-refractivity contribution is -0.684. The van der Waals surface area contributed by atoms with E-state index in [4.69, 9.17) is 0 Å². The molecule has 0 saturated carbocycles. The predicted molar refractivity (Wildman–Crippen MR) is 107 cm³/mol. The summed E-state index contributed by atoms with van der Waals surface area (Å²) in [5.41, 5.74) is 2.19. The summed E-state index contributed by atoms with van der Waals surface area (Å²) in [4.78, 5) is 23.2. The molecule has 1 aromatic heterocycles. The Morgan fingerprint density at radius 1 is 0.964 bits per heavy atom. The van der Waals surface area contributed by atoms with Crippen molar-refractivity contribution in [2.75, 3.05) is 6.54 Å². The first-order valence-electron chi connectivity index (χ1n) is 8.88. The smallest absolute Gasteiger partial charge is 0.321 e. The van der Waals surface area contributed by atoms with E-state index in [1.807, 2.05) is 48.8 Å². The highest BCUT2D eigenvalue weighted by molar-refractivity contribution is 5.94. The van der Waals surface area contributed by atoms with Crippen LogP contribution in [0.2, 0.25) is 0 Å². The Morgan fingerprint density at radius 2 is 1.68 bits per heavy atom. The number of urea groups is 1. The number of carbonyl (C=O) groups is 2. The van der Waals surface area contributed by atoms with Crippen LogP contribution in [-0.4, -0.2) is 18.5 Å². The van der Waals surface area contributed by atoms with Crippen molar-refractivity contribution < 1.29 is 31.1 Å². The molecule has 0 atom stereocenters. The zero-order valence-corrected chi connectivity index (χ0v) is 17.1. The molecule has 2 N–H and O–H groups in total. The SMILES string of the molecule is CCNC(=O)NC(=O)C[n+]1ccc(/C=C/c2cccc3ccccc23)cc1.[Br-]. The number of pyridine rings is 1. The van der Waals surface area contributed by atoms with E-state index in [9.17, 15) is 9.59 Å². The van der Waals surface area contributed by atoms with Crippen molar-refractivity contribution in [3.8, 4) is 0 Å². The van der Waals surface area contributed by atoms with Crippen LogP contribution in [0, 0.1) is 0 Å². The number of nitrogens with zero attached hydrogens (tertiary/aromatic N) is 1. The number of amides is 3. The van der Waals surface area contributed by atoms with Gasteiger partial charge in [-0.15, -0.1) is 0 Å². The highest BCUT2D eigenvalue weighted by Gasteiger charge is 2.11. The van der Waals surface area contributed by atoms with E-state index < -0.39 is 6.03 Å². The summed E-state index contributed by atoms with van der Waals surface area (Å²) < 4.78 is 1.73. The van der Waals surface area contributed by atoms with Crippen molar-refractivity contribution in [2.45, 2.75) is 13.5 Å². The second-order valence-corrected chi connectivity index (χ2v) is 6.11. The van der Waals surface area contributed by atoms with Crippen LogP contribution in [-0.2, 0) is 11.3 Å². The molecule has 0 aliphatic heterocycles. The summed E-state index contributed by atoms with van der Waals surface area (Å²) in [6.45, 7) is 2.36. The van der Waals surface area contributed by atoms with Crippen molar-refractivity contribution in [2.24, 2.45) is 0 Å². The van der Waals surface area contributed by atoms with Crippen LogP contribution in [0.1, 0.15) is 18.1 Å². The number of halogens is 1. The lowest BCUT2D eigenvalue weighted by Gasteiger charge is -2.03. The third-order valence-electron chi connectivity index (χ3n) is 4.11. The van der Waals surface area contributed by atoms with E-state index in [1.54, 1.807) is 11.5 Å². The van der Waals surface area contributed by atoms with Crippen LogP contribution < -0.4 is 32.2 Å². The second-order valence-electron chi connectivity index (χ2n) is 6.11. The van der Waals surface area contributed by atoms with Crippen molar-refractivity contribution >= 4 is 34.9 Å². The molecular formula is C22H22BrN3O2. The molecule has 2 aromatic carbocycles. The molecule has 6 heteroatoms. The monoisotopic (exact) mass is 439 g/mol. The summed E-state index contributed by atoms with van der Waals surface area (Å²) in [5, 5.41) is 7.23. The maximum absolute atomic E-state index is 11.8. The van der Waals surface area contributed by atoms with Gasteiger partial charge in [-0.25, -0.2) is 4.79 Å². The summed E-state index contributed by atoms with van der Waals surface area (Å²) >= 11 is 0. The molecule has 1 heterocycles. The first kappa shape index (κ1) is 21.3. The number of benzene rings is 2. The summed E-state index contributed by atoms with van der Waals surface area (Å²) in [6.07, 6.45) is 7.77. The number of imide groups is 1. The molecule has 3 amide bonds. The van der Waals surface area contributed by atoms with Gasteiger partial charge in [0.25, 0.3) is 5.91 Å². The number of hydrogen-bond acceptors (Lipinski definition) is 2. The Morgan fingerprint density at radius 3 is 2.43 bits per heavy atom. The highest BCUT2D eigenvalue weighted by atomic mass is 79.9. The van der Waals surface area contributed by atoms with Gasteiger partial charge in [0.05, 0.1) is 0 Å². The largest absolute Gasteiger partial charge is 1.00 e. The van der Waals surface area contributed by atoms with Gasteiger partial charge in [-0.2, -0.15) is 4.57 Å². The Labute approximate surface area is 174 Å². The third kappa shape index (κ3) is 5.76. The number of fused-ring (bicyclic) bond motifs is 1. The average Bonchev–Trinajstić information content (AvgIpc) is 2.67. The summed E-state index contributed by atoms with van der Waals surface area (Å²) in [6, 6.07) is 17.9. The van der Waals surface area contributed by atoms with Gasteiger partial charge in [0, 0.05) is 18.7 Å². The molecule has 0 bridgehead atoms. The highest BCUT2D eigenvalue weighted by Crippen LogP contribution is 2.20. The van der Waals surface area contributed by atoms with E-state index in [2.05, 4.69) is 41.0 Å².